The number of benzene rings is 2. The molecule has 1 aromatic heterocycles. The summed E-state index contributed by atoms with van der Waals surface area (Å²) in [7, 11) is -0.0947. The van der Waals surface area contributed by atoms with E-state index in [1.807, 2.05) is 32.6 Å². The van der Waals surface area contributed by atoms with E-state index < -0.39 is 22.5 Å². The number of fused-ring (bicyclic) bond motifs is 1. The Kier molecular flexibility index (Phi) is 12.9. The summed E-state index contributed by atoms with van der Waals surface area (Å²) in [5.41, 5.74) is 7.38. The third-order valence-corrected chi connectivity index (χ3v) is 4.86. The van der Waals surface area contributed by atoms with Crippen LogP contribution in [0.2, 0.25) is 0 Å². The molecule has 0 saturated carbocycles. The van der Waals surface area contributed by atoms with E-state index in [1.54, 1.807) is 30.3 Å². The highest BCUT2D eigenvalue weighted by Crippen LogP contribution is 2.33. The van der Waals surface area contributed by atoms with Crippen LogP contribution >= 0.6 is 10.0 Å². The molecule has 7 nitrogen and oxygen atoms in total. The zero-order valence-electron chi connectivity index (χ0n) is 21.3. The minimum absolute atomic E-state index is 0.0978. The van der Waals surface area contributed by atoms with Crippen LogP contribution in [0.15, 0.2) is 36.7 Å². The lowest BCUT2D eigenvalue weighted by molar-refractivity contribution is -0.363. The van der Waals surface area contributed by atoms with Crippen molar-refractivity contribution in [3.63, 3.8) is 0 Å². The van der Waals surface area contributed by atoms with Gasteiger partial charge < -0.3 is 20.3 Å². The molecule has 0 aliphatic rings. The number of aliphatic hydroxyl groups is 1. The molecule has 3 rings (SSSR count). The fourth-order valence-corrected chi connectivity index (χ4v) is 3.14. The van der Waals surface area contributed by atoms with Gasteiger partial charge in [-0.2, -0.15) is 18.8 Å². The summed E-state index contributed by atoms with van der Waals surface area (Å²) in [4.78, 5) is 7.20. The fraction of sp³-hybridized carbons (Fsp3) is 0.360. The molecule has 0 bridgehead atoms. The number of ether oxygens (including phenoxy) is 2. The van der Waals surface area contributed by atoms with Gasteiger partial charge in [-0.1, -0.05) is 25.8 Å². The Labute approximate surface area is 211 Å². The number of nitrogens with zero attached hydrogens (tertiary/aromatic N) is 1. The first-order chi connectivity index (χ1) is 17.1. The van der Waals surface area contributed by atoms with E-state index >= 15 is 4.39 Å². The number of hydrogen-bond donors (Lipinski definition) is 3. The Morgan fingerprint density at radius 2 is 1.86 bits per heavy atom. The van der Waals surface area contributed by atoms with Crippen molar-refractivity contribution >= 4 is 38.1 Å². The van der Waals surface area contributed by atoms with E-state index in [9.17, 15) is 8.78 Å². The zero-order chi connectivity index (χ0) is 27.3. The fourth-order valence-electron chi connectivity index (χ4n) is 2.72. The number of aromatic nitrogens is 2. The second kappa shape index (κ2) is 15.0. The van der Waals surface area contributed by atoms with Gasteiger partial charge in [0.2, 0.25) is 12.1 Å². The minimum atomic E-state index is -2.86. The van der Waals surface area contributed by atoms with Crippen molar-refractivity contribution in [1.82, 2.24) is 4.98 Å². The van der Waals surface area contributed by atoms with Crippen molar-refractivity contribution in [2.45, 2.75) is 20.5 Å². The highest BCUT2D eigenvalue weighted by atomic mass is 32.3. The maximum absolute atomic E-state index is 15.0. The number of rotatable bonds is 7. The van der Waals surface area contributed by atoms with Gasteiger partial charge in [-0.05, 0) is 42.2 Å². The third-order valence-electron chi connectivity index (χ3n) is 4.14. The maximum atomic E-state index is 15.0. The summed E-state index contributed by atoms with van der Waals surface area (Å²) in [6.45, 7) is 0.755. The molecule has 0 unspecified atom stereocenters. The average molecular weight is 528 g/mol. The van der Waals surface area contributed by atoms with Crippen LogP contribution in [0.5, 0.6) is 5.75 Å². The highest BCUT2D eigenvalue weighted by Gasteiger charge is 2.17. The summed E-state index contributed by atoms with van der Waals surface area (Å²) >= 11 is 0. The van der Waals surface area contributed by atoms with Crippen LogP contribution in [-0.2, 0) is 4.74 Å². The van der Waals surface area contributed by atoms with Gasteiger partial charge in [0.1, 0.15) is 18.0 Å². The van der Waals surface area contributed by atoms with E-state index in [2.05, 4.69) is 31.2 Å². The SMILES string of the molecule is CC.CO.CS(C)(C)C#Cc1cccc(Nc2[nH+]cnc3cc(OCCOC(F)F)c(N)cc23)c1F. The van der Waals surface area contributed by atoms with Crippen molar-refractivity contribution in [3.05, 3.63) is 48.0 Å². The van der Waals surface area contributed by atoms with Crippen LogP contribution in [0, 0.1) is 17.0 Å². The average Bonchev–Trinajstić information content (AvgIpc) is 2.85. The number of halogens is 3. The van der Waals surface area contributed by atoms with Gasteiger partial charge in [0.15, 0.2) is 11.3 Å². The first-order valence-electron chi connectivity index (χ1n) is 11.0. The molecule has 0 radical (unpaired) electrons. The van der Waals surface area contributed by atoms with Crippen molar-refractivity contribution in [3.8, 4) is 16.9 Å². The van der Waals surface area contributed by atoms with Crippen LogP contribution in [0.1, 0.15) is 19.4 Å². The van der Waals surface area contributed by atoms with Gasteiger partial charge in [-0.25, -0.2) is 9.37 Å². The Morgan fingerprint density at radius 3 is 2.50 bits per heavy atom. The standard InChI is InChI=1S/C22H23F3N4O2S.C2H6.CH4O/c1-32(2,3)10-7-14-5-4-6-17(20(14)23)29-21-15-11-16(26)19(12-18(15)27-13-28-21)30-8-9-31-22(24)25;2*1-2/h4-6,11-13,22H,8-9,26H2,1-3H3,(H,27,28,29);1-2H3;2H,1H3/p+1. The summed E-state index contributed by atoms with van der Waals surface area (Å²) in [5, 5.41) is 13.7. The Morgan fingerprint density at radius 1 is 1.17 bits per heavy atom. The lowest BCUT2D eigenvalue weighted by Gasteiger charge is -2.15. The predicted molar refractivity (Wildman–Crippen MR) is 142 cm³/mol. The lowest BCUT2D eigenvalue weighted by Crippen LogP contribution is -2.13. The van der Waals surface area contributed by atoms with Crippen molar-refractivity contribution < 1.29 is 32.7 Å². The van der Waals surface area contributed by atoms with Crippen LogP contribution in [-0.4, -0.2) is 55.8 Å². The summed E-state index contributed by atoms with van der Waals surface area (Å²) in [6, 6.07) is 8.14. The minimum Gasteiger partial charge on any atom is -0.489 e. The number of aromatic amines is 1. The first kappa shape index (κ1) is 30.8. The summed E-state index contributed by atoms with van der Waals surface area (Å²) in [5.74, 6) is 3.21. The quantitative estimate of drug-likeness (QED) is 0.232. The maximum Gasteiger partial charge on any atom is 0.345 e. The van der Waals surface area contributed by atoms with E-state index in [-0.39, 0.29) is 30.3 Å². The molecule has 0 spiro atoms. The van der Waals surface area contributed by atoms with Gasteiger partial charge in [-0.3, -0.25) is 5.32 Å². The van der Waals surface area contributed by atoms with Gasteiger partial charge in [-0.15, -0.1) is 4.98 Å². The molecule has 3 aromatic rings. The van der Waals surface area contributed by atoms with Crippen molar-refractivity contribution in [2.24, 2.45) is 0 Å². The Bertz CT molecular complexity index is 1180. The molecule has 2 aromatic carbocycles. The molecule has 36 heavy (non-hydrogen) atoms. The number of nitrogens with two attached hydrogens (primary N) is 1. The molecule has 0 aliphatic carbocycles. The molecule has 1 heterocycles. The Hall–Kier alpha value is -3.20. The number of aliphatic hydroxyl groups excluding tert-OH is 1. The van der Waals surface area contributed by atoms with Crippen LogP contribution in [0.4, 0.5) is 30.4 Å². The predicted octanol–water partition coefficient (Wildman–Crippen LogP) is 4.77. The number of H-pyrrole nitrogens is 1. The van der Waals surface area contributed by atoms with Gasteiger partial charge in [0, 0.05) is 13.2 Å². The molecule has 0 fully saturated rings. The number of nitrogens with one attached hydrogen (secondary N) is 2. The molecule has 5 N–H and O–H groups in total. The molecule has 0 atom stereocenters. The van der Waals surface area contributed by atoms with Crippen molar-refractivity contribution in [1.29, 1.82) is 0 Å². The van der Waals surface area contributed by atoms with E-state index in [4.69, 9.17) is 15.6 Å². The lowest BCUT2D eigenvalue weighted by atomic mass is 10.1. The molecule has 0 saturated heterocycles. The molecular weight excluding hydrogens is 493 g/mol. The van der Waals surface area contributed by atoms with Gasteiger partial charge in [0.25, 0.3) is 0 Å². The zero-order valence-corrected chi connectivity index (χ0v) is 22.1. The second-order valence-corrected chi connectivity index (χ2v) is 11.4. The largest absolute Gasteiger partial charge is 0.489 e. The molecule has 0 amide bonds. The van der Waals surface area contributed by atoms with Crippen molar-refractivity contribution in [2.75, 3.05) is 50.1 Å². The van der Waals surface area contributed by atoms with Crippen LogP contribution in [0.25, 0.3) is 10.9 Å². The molecule has 11 heteroatoms. The monoisotopic (exact) mass is 527 g/mol. The van der Waals surface area contributed by atoms with E-state index in [0.29, 0.717) is 22.3 Å². The molecular formula is C25H34F3N4O3S+. The summed E-state index contributed by atoms with van der Waals surface area (Å²) < 4.78 is 48.7. The number of alkyl halides is 2. The van der Waals surface area contributed by atoms with Gasteiger partial charge >= 0.3 is 6.61 Å². The van der Waals surface area contributed by atoms with E-state index in [0.717, 1.165) is 7.11 Å². The first-order valence-corrected chi connectivity index (χ1v) is 13.8. The smallest absolute Gasteiger partial charge is 0.345 e. The summed E-state index contributed by atoms with van der Waals surface area (Å²) in [6.07, 6.45) is 7.54. The topological polar surface area (TPSA) is 104 Å². The van der Waals surface area contributed by atoms with E-state index in [1.165, 1.54) is 6.33 Å². The van der Waals surface area contributed by atoms with Gasteiger partial charge in [0.05, 0.1) is 23.2 Å². The normalized spacial score (nSPS) is 10.9. The molecule has 0 aliphatic heterocycles. The number of anilines is 3. The number of nitrogen functional groups attached to an aromatic ring is 1. The second-order valence-electron chi connectivity index (χ2n) is 7.52. The highest BCUT2D eigenvalue weighted by molar-refractivity contribution is 8.35. The number of hydrogen-bond acceptors (Lipinski definition) is 6. The molecule has 198 valence electrons. The van der Waals surface area contributed by atoms with Crippen LogP contribution < -0.4 is 20.8 Å². The Balaban J connectivity index is 0.00000154. The third kappa shape index (κ3) is 9.45. The van der Waals surface area contributed by atoms with Crippen LogP contribution in [0.3, 0.4) is 0 Å².